The Morgan fingerprint density at radius 2 is 2.00 bits per heavy atom. The zero-order valence-electron chi connectivity index (χ0n) is 12.2. The molecule has 0 aliphatic carbocycles. The summed E-state index contributed by atoms with van der Waals surface area (Å²) in [6.45, 7) is 3.97. The van der Waals surface area contributed by atoms with Crippen LogP contribution in [0.25, 0.3) is 0 Å². The van der Waals surface area contributed by atoms with Gasteiger partial charge in [-0.2, -0.15) is 0 Å². The quantitative estimate of drug-likeness (QED) is 0.897. The van der Waals surface area contributed by atoms with E-state index in [0.29, 0.717) is 17.9 Å². The molecule has 0 unspecified atom stereocenters. The summed E-state index contributed by atoms with van der Waals surface area (Å²) in [6, 6.07) is 7.25. The molecule has 1 aliphatic rings. The molecule has 1 aromatic rings. The van der Waals surface area contributed by atoms with Crippen LogP contribution >= 0.6 is 0 Å². The fourth-order valence-corrected chi connectivity index (χ4v) is 2.55. The van der Waals surface area contributed by atoms with Crippen LogP contribution in [-0.2, 0) is 0 Å². The van der Waals surface area contributed by atoms with E-state index < -0.39 is 0 Å². The molecule has 1 N–H and O–H groups in total. The van der Waals surface area contributed by atoms with Crippen molar-refractivity contribution in [2.24, 2.45) is 0 Å². The van der Waals surface area contributed by atoms with Gasteiger partial charge in [-0.25, -0.2) is 0 Å². The van der Waals surface area contributed by atoms with Gasteiger partial charge in [0.25, 0.3) is 5.91 Å². The molecule has 0 bridgehead atoms. The molecular weight excluding hydrogens is 252 g/mol. The Morgan fingerprint density at radius 1 is 1.25 bits per heavy atom. The molecule has 1 saturated heterocycles. The number of carbonyl (C=O) groups is 1. The number of rotatable bonds is 5. The van der Waals surface area contributed by atoms with Crippen LogP contribution in [0.1, 0.15) is 36.0 Å². The Bertz CT molecular complexity index is 426. The first kappa shape index (κ1) is 14.9. The number of hydrogen-bond donors (Lipinski definition) is 1. The van der Waals surface area contributed by atoms with Crippen molar-refractivity contribution in [2.75, 3.05) is 33.3 Å². The average molecular weight is 276 g/mol. The first-order valence-electron chi connectivity index (χ1n) is 7.44. The molecule has 1 fully saturated rings. The van der Waals surface area contributed by atoms with Crippen molar-refractivity contribution < 1.29 is 9.53 Å². The lowest BCUT2D eigenvalue weighted by Crippen LogP contribution is -2.35. The van der Waals surface area contributed by atoms with E-state index in [1.807, 2.05) is 18.2 Å². The summed E-state index contributed by atoms with van der Waals surface area (Å²) in [5.41, 5.74) is 0.653. The van der Waals surface area contributed by atoms with Gasteiger partial charge in [0, 0.05) is 18.7 Å². The number of benzene rings is 1. The van der Waals surface area contributed by atoms with E-state index in [0.717, 1.165) is 19.6 Å². The first-order valence-corrected chi connectivity index (χ1v) is 7.44. The van der Waals surface area contributed by atoms with Crippen molar-refractivity contribution in [3.8, 4) is 5.75 Å². The maximum absolute atomic E-state index is 12.0. The van der Waals surface area contributed by atoms with Crippen molar-refractivity contribution in [1.82, 2.24) is 10.2 Å². The Hall–Kier alpha value is -1.55. The molecule has 0 saturated carbocycles. The van der Waals surface area contributed by atoms with Crippen LogP contribution in [0, 0.1) is 0 Å². The van der Waals surface area contributed by atoms with Crippen molar-refractivity contribution in [2.45, 2.75) is 25.7 Å². The summed E-state index contributed by atoms with van der Waals surface area (Å²) >= 11 is 0. The molecule has 1 heterocycles. The summed E-state index contributed by atoms with van der Waals surface area (Å²) < 4.78 is 5.13. The Kier molecular flexibility index (Phi) is 5.87. The highest BCUT2D eigenvalue weighted by atomic mass is 16.5. The number of ether oxygens (including phenoxy) is 1. The van der Waals surface area contributed by atoms with Crippen LogP contribution < -0.4 is 10.1 Å². The number of nitrogens with one attached hydrogen (secondary N) is 1. The number of carbonyl (C=O) groups excluding carboxylic acids is 1. The normalized spacial score (nSPS) is 16.4. The Labute approximate surface area is 121 Å². The highest BCUT2D eigenvalue weighted by Crippen LogP contribution is 2.12. The molecule has 4 heteroatoms. The summed E-state index contributed by atoms with van der Waals surface area (Å²) in [7, 11) is 1.61. The predicted octanol–water partition coefficient (Wildman–Crippen LogP) is 2.30. The summed E-state index contributed by atoms with van der Waals surface area (Å²) in [6.07, 6.45) is 5.24. The maximum Gasteiger partial charge on any atom is 0.251 e. The van der Waals surface area contributed by atoms with Gasteiger partial charge >= 0.3 is 0 Å². The van der Waals surface area contributed by atoms with Crippen LogP contribution in [0.2, 0.25) is 0 Å². The molecule has 4 nitrogen and oxygen atoms in total. The van der Waals surface area contributed by atoms with Gasteiger partial charge in [0.15, 0.2) is 0 Å². The lowest BCUT2D eigenvalue weighted by molar-refractivity contribution is 0.0948. The van der Waals surface area contributed by atoms with E-state index in [1.54, 1.807) is 13.2 Å². The number of hydrogen-bond acceptors (Lipinski definition) is 3. The smallest absolute Gasteiger partial charge is 0.251 e. The van der Waals surface area contributed by atoms with Gasteiger partial charge in [-0.05, 0) is 44.1 Å². The molecule has 1 aliphatic heterocycles. The highest BCUT2D eigenvalue weighted by molar-refractivity contribution is 5.94. The van der Waals surface area contributed by atoms with Gasteiger partial charge in [-0.3, -0.25) is 4.79 Å². The van der Waals surface area contributed by atoms with Crippen LogP contribution in [0.3, 0.4) is 0 Å². The summed E-state index contributed by atoms with van der Waals surface area (Å²) in [5.74, 6) is 0.684. The van der Waals surface area contributed by atoms with Crippen molar-refractivity contribution in [3.63, 3.8) is 0 Å². The molecule has 2 rings (SSSR count). The number of nitrogens with zero attached hydrogens (tertiary/aromatic N) is 1. The molecular formula is C16H24N2O2. The topological polar surface area (TPSA) is 41.6 Å². The van der Waals surface area contributed by atoms with Crippen LogP contribution in [0.5, 0.6) is 5.75 Å². The van der Waals surface area contributed by atoms with Crippen molar-refractivity contribution >= 4 is 5.91 Å². The van der Waals surface area contributed by atoms with Gasteiger partial charge in [0.05, 0.1) is 7.11 Å². The second kappa shape index (κ2) is 7.90. The third-order valence-electron chi connectivity index (χ3n) is 3.74. The minimum atomic E-state index is -0.0290. The summed E-state index contributed by atoms with van der Waals surface area (Å²) in [4.78, 5) is 14.5. The van der Waals surface area contributed by atoms with Gasteiger partial charge < -0.3 is 15.0 Å². The maximum atomic E-state index is 12.0. The lowest BCUT2D eigenvalue weighted by Gasteiger charge is -2.19. The Balaban J connectivity index is 1.76. The molecule has 0 atom stereocenters. The van der Waals surface area contributed by atoms with Gasteiger partial charge in [-0.15, -0.1) is 0 Å². The minimum absolute atomic E-state index is 0.0290. The molecule has 0 radical (unpaired) electrons. The van der Waals surface area contributed by atoms with Gasteiger partial charge in [-0.1, -0.05) is 18.9 Å². The highest BCUT2D eigenvalue weighted by Gasteiger charge is 2.10. The fraction of sp³-hybridized carbons (Fsp3) is 0.562. The van der Waals surface area contributed by atoms with E-state index in [-0.39, 0.29) is 5.91 Å². The van der Waals surface area contributed by atoms with Gasteiger partial charge in [0.1, 0.15) is 5.75 Å². The minimum Gasteiger partial charge on any atom is -0.497 e. The SMILES string of the molecule is COc1cccc(C(=O)NCCN2CCCCCC2)c1. The van der Waals surface area contributed by atoms with Crippen LogP contribution in [0.15, 0.2) is 24.3 Å². The first-order chi connectivity index (χ1) is 9.79. The van der Waals surface area contributed by atoms with Crippen LogP contribution in [0.4, 0.5) is 0 Å². The van der Waals surface area contributed by atoms with E-state index in [4.69, 9.17) is 4.74 Å². The van der Waals surface area contributed by atoms with Crippen molar-refractivity contribution in [1.29, 1.82) is 0 Å². The predicted molar refractivity (Wildman–Crippen MR) is 80.2 cm³/mol. The molecule has 0 spiro atoms. The second-order valence-electron chi connectivity index (χ2n) is 5.24. The van der Waals surface area contributed by atoms with E-state index in [9.17, 15) is 4.79 Å². The standard InChI is InChI=1S/C16H24N2O2/c1-20-15-8-6-7-14(13-15)16(19)17-9-12-18-10-4-2-3-5-11-18/h6-8,13H,2-5,9-12H2,1H3,(H,17,19). The largest absolute Gasteiger partial charge is 0.497 e. The molecule has 0 aromatic heterocycles. The molecule has 20 heavy (non-hydrogen) atoms. The Morgan fingerprint density at radius 3 is 2.70 bits per heavy atom. The third-order valence-corrected chi connectivity index (χ3v) is 3.74. The van der Waals surface area contributed by atoms with E-state index in [1.165, 1.54) is 25.7 Å². The molecule has 110 valence electrons. The molecule has 1 amide bonds. The lowest BCUT2D eigenvalue weighted by atomic mass is 10.2. The fourth-order valence-electron chi connectivity index (χ4n) is 2.55. The third kappa shape index (κ3) is 4.53. The van der Waals surface area contributed by atoms with E-state index >= 15 is 0 Å². The second-order valence-corrected chi connectivity index (χ2v) is 5.24. The van der Waals surface area contributed by atoms with Crippen LogP contribution in [-0.4, -0.2) is 44.1 Å². The van der Waals surface area contributed by atoms with Gasteiger partial charge in [0.2, 0.25) is 0 Å². The van der Waals surface area contributed by atoms with Crippen molar-refractivity contribution in [3.05, 3.63) is 29.8 Å². The number of amides is 1. The number of likely N-dealkylation sites (tertiary alicyclic amines) is 1. The number of methoxy groups -OCH3 is 1. The van der Waals surface area contributed by atoms with E-state index in [2.05, 4.69) is 10.2 Å². The monoisotopic (exact) mass is 276 g/mol. The zero-order chi connectivity index (χ0) is 14.2. The zero-order valence-corrected chi connectivity index (χ0v) is 12.2. The average Bonchev–Trinajstić information content (AvgIpc) is 2.76. The summed E-state index contributed by atoms with van der Waals surface area (Å²) in [5, 5.41) is 2.98. The molecule has 1 aromatic carbocycles.